The van der Waals surface area contributed by atoms with E-state index in [-0.39, 0.29) is 22.8 Å². The standard InChI is InChI=1S/C20H22Cl2FN3O4S/c1-13(20(28)24-2)25(11-14-6-4-5-7-17(14)23)19(27)12-26(31(3,29)30)18-9-8-15(21)10-16(18)22/h4-10,13H,11-12H2,1-3H3,(H,24,28). The summed E-state index contributed by atoms with van der Waals surface area (Å²) in [5, 5.41) is 2.76. The molecule has 2 aromatic rings. The van der Waals surface area contributed by atoms with Crippen molar-refractivity contribution in [2.75, 3.05) is 24.2 Å². The molecule has 2 aromatic carbocycles. The number of benzene rings is 2. The monoisotopic (exact) mass is 489 g/mol. The third-order valence-electron chi connectivity index (χ3n) is 4.57. The lowest BCUT2D eigenvalue weighted by Gasteiger charge is -2.31. The van der Waals surface area contributed by atoms with Crippen LogP contribution in [0, 0.1) is 5.82 Å². The number of nitrogens with zero attached hydrogens (tertiary/aromatic N) is 2. The largest absolute Gasteiger partial charge is 0.357 e. The molecule has 168 valence electrons. The first-order chi connectivity index (χ1) is 14.5. The van der Waals surface area contributed by atoms with Gasteiger partial charge in [0.15, 0.2) is 0 Å². The molecule has 0 aromatic heterocycles. The van der Waals surface area contributed by atoms with Gasteiger partial charge in [0.05, 0.1) is 17.0 Å². The van der Waals surface area contributed by atoms with Crippen LogP contribution in [0.2, 0.25) is 10.0 Å². The average Bonchev–Trinajstić information content (AvgIpc) is 2.70. The van der Waals surface area contributed by atoms with E-state index < -0.39 is 40.2 Å². The van der Waals surface area contributed by atoms with Crippen LogP contribution < -0.4 is 9.62 Å². The van der Waals surface area contributed by atoms with Gasteiger partial charge in [-0.2, -0.15) is 0 Å². The maximum absolute atomic E-state index is 14.2. The van der Waals surface area contributed by atoms with Gasteiger partial charge in [0.25, 0.3) is 0 Å². The van der Waals surface area contributed by atoms with Gasteiger partial charge in [-0.3, -0.25) is 13.9 Å². The molecule has 2 amide bonds. The van der Waals surface area contributed by atoms with Gasteiger partial charge in [0.1, 0.15) is 18.4 Å². The number of likely N-dealkylation sites (N-methyl/N-ethyl adjacent to an activating group) is 1. The van der Waals surface area contributed by atoms with Crippen molar-refractivity contribution in [3.63, 3.8) is 0 Å². The van der Waals surface area contributed by atoms with Crippen LogP contribution in [0.15, 0.2) is 42.5 Å². The zero-order valence-corrected chi connectivity index (χ0v) is 19.4. The zero-order valence-electron chi connectivity index (χ0n) is 17.1. The van der Waals surface area contributed by atoms with E-state index in [9.17, 15) is 22.4 Å². The number of anilines is 1. The molecular formula is C20H22Cl2FN3O4S. The van der Waals surface area contributed by atoms with Crippen molar-refractivity contribution in [3.05, 3.63) is 63.9 Å². The van der Waals surface area contributed by atoms with E-state index in [4.69, 9.17) is 23.2 Å². The molecule has 0 heterocycles. The highest BCUT2D eigenvalue weighted by Crippen LogP contribution is 2.30. The summed E-state index contributed by atoms with van der Waals surface area (Å²) in [6.45, 7) is 0.597. The Morgan fingerprint density at radius 2 is 1.81 bits per heavy atom. The fourth-order valence-corrected chi connectivity index (χ4v) is 4.30. The first kappa shape index (κ1) is 24.9. The van der Waals surface area contributed by atoms with Gasteiger partial charge in [0.2, 0.25) is 21.8 Å². The quantitative estimate of drug-likeness (QED) is 0.617. The zero-order chi connectivity index (χ0) is 23.3. The molecule has 1 unspecified atom stereocenters. The first-order valence-corrected chi connectivity index (χ1v) is 11.7. The molecule has 0 spiro atoms. The highest BCUT2D eigenvalue weighted by atomic mass is 35.5. The second-order valence-corrected chi connectivity index (χ2v) is 9.52. The fourth-order valence-electron chi connectivity index (χ4n) is 2.88. The molecule has 2 rings (SSSR count). The molecule has 1 N–H and O–H groups in total. The van der Waals surface area contributed by atoms with Crippen molar-refractivity contribution in [3.8, 4) is 0 Å². The number of sulfonamides is 1. The van der Waals surface area contributed by atoms with E-state index >= 15 is 0 Å². The number of amides is 2. The predicted octanol–water partition coefficient (Wildman–Crippen LogP) is 3.06. The summed E-state index contributed by atoms with van der Waals surface area (Å²) in [4.78, 5) is 26.5. The summed E-state index contributed by atoms with van der Waals surface area (Å²) in [6.07, 6.45) is 0.925. The van der Waals surface area contributed by atoms with E-state index in [0.717, 1.165) is 15.5 Å². The van der Waals surface area contributed by atoms with Gasteiger partial charge in [-0.05, 0) is 31.2 Å². The average molecular weight is 490 g/mol. The highest BCUT2D eigenvalue weighted by molar-refractivity contribution is 7.92. The van der Waals surface area contributed by atoms with Crippen LogP contribution in [0.5, 0.6) is 0 Å². The number of carbonyl (C=O) groups is 2. The predicted molar refractivity (Wildman–Crippen MR) is 119 cm³/mol. The van der Waals surface area contributed by atoms with E-state index in [1.54, 1.807) is 6.07 Å². The Hall–Kier alpha value is -2.36. The summed E-state index contributed by atoms with van der Waals surface area (Å²) in [7, 11) is -2.53. The van der Waals surface area contributed by atoms with Gasteiger partial charge in [0, 0.05) is 24.2 Å². The molecule has 0 aliphatic heterocycles. The van der Waals surface area contributed by atoms with Gasteiger partial charge < -0.3 is 10.2 Å². The molecule has 0 bridgehead atoms. The molecule has 11 heteroatoms. The molecule has 0 saturated heterocycles. The third-order valence-corrected chi connectivity index (χ3v) is 6.23. The maximum Gasteiger partial charge on any atom is 0.244 e. The second-order valence-electron chi connectivity index (χ2n) is 6.77. The van der Waals surface area contributed by atoms with Crippen LogP contribution in [-0.2, 0) is 26.2 Å². The van der Waals surface area contributed by atoms with Gasteiger partial charge in [-0.15, -0.1) is 0 Å². The van der Waals surface area contributed by atoms with Crippen molar-refractivity contribution in [2.24, 2.45) is 0 Å². The molecule has 1 atom stereocenters. The number of hydrogen-bond donors (Lipinski definition) is 1. The number of halogens is 3. The van der Waals surface area contributed by atoms with Crippen LogP contribution in [0.4, 0.5) is 10.1 Å². The Bertz CT molecular complexity index is 1080. The van der Waals surface area contributed by atoms with E-state index in [2.05, 4.69) is 5.32 Å². The Labute approximate surface area is 190 Å². The minimum Gasteiger partial charge on any atom is -0.357 e. The third kappa shape index (κ3) is 6.32. The summed E-state index contributed by atoms with van der Waals surface area (Å²) >= 11 is 12.0. The van der Waals surface area contributed by atoms with Crippen molar-refractivity contribution in [1.82, 2.24) is 10.2 Å². The van der Waals surface area contributed by atoms with Crippen LogP contribution >= 0.6 is 23.2 Å². The Morgan fingerprint density at radius 1 is 1.16 bits per heavy atom. The summed E-state index contributed by atoms with van der Waals surface area (Å²) in [5.41, 5.74) is 0.238. The molecule has 31 heavy (non-hydrogen) atoms. The van der Waals surface area contributed by atoms with Crippen molar-refractivity contribution < 1.29 is 22.4 Å². The van der Waals surface area contributed by atoms with Crippen molar-refractivity contribution in [1.29, 1.82) is 0 Å². The molecule has 0 fully saturated rings. The molecule has 0 saturated carbocycles. The smallest absolute Gasteiger partial charge is 0.244 e. The summed E-state index contributed by atoms with van der Waals surface area (Å²) in [5.74, 6) is -1.75. The molecule has 7 nitrogen and oxygen atoms in total. The SMILES string of the molecule is CNC(=O)C(C)N(Cc1ccccc1F)C(=O)CN(c1ccc(Cl)cc1Cl)S(C)(=O)=O. The summed E-state index contributed by atoms with van der Waals surface area (Å²) in [6, 6.07) is 9.00. The second kappa shape index (κ2) is 10.3. The maximum atomic E-state index is 14.2. The minimum atomic E-state index is -3.93. The van der Waals surface area contributed by atoms with Gasteiger partial charge >= 0.3 is 0 Å². The number of rotatable bonds is 8. The van der Waals surface area contributed by atoms with Crippen LogP contribution in [0.3, 0.4) is 0 Å². The van der Waals surface area contributed by atoms with E-state index in [1.165, 1.54) is 50.4 Å². The lowest BCUT2D eigenvalue weighted by Crippen LogP contribution is -2.50. The van der Waals surface area contributed by atoms with Crippen LogP contribution in [-0.4, -0.2) is 51.0 Å². The molecular weight excluding hydrogens is 468 g/mol. The Morgan fingerprint density at radius 3 is 2.35 bits per heavy atom. The normalized spacial score (nSPS) is 12.2. The molecule has 0 aliphatic carbocycles. The summed E-state index contributed by atoms with van der Waals surface area (Å²) < 4.78 is 39.9. The number of nitrogens with one attached hydrogen (secondary N) is 1. The fraction of sp³-hybridized carbons (Fsp3) is 0.300. The van der Waals surface area contributed by atoms with Crippen molar-refractivity contribution >= 4 is 50.7 Å². The Balaban J connectivity index is 2.43. The van der Waals surface area contributed by atoms with Gasteiger partial charge in [-0.1, -0.05) is 41.4 Å². The number of hydrogen-bond acceptors (Lipinski definition) is 4. The minimum absolute atomic E-state index is 0.0331. The lowest BCUT2D eigenvalue weighted by atomic mass is 10.1. The van der Waals surface area contributed by atoms with Crippen LogP contribution in [0.1, 0.15) is 12.5 Å². The van der Waals surface area contributed by atoms with Crippen molar-refractivity contribution in [2.45, 2.75) is 19.5 Å². The van der Waals surface area contributed by atoms with E-state index in [1.807, 2.05) is 0 Å². The molecule has 0 aliphatic rings. The highest BCUT2D eigenvalue weighted by Gasteiger charge is 2.30. The van der Waals surface area contributed by atoms with Crippen LogP contribution in [0.25, 0.3) is 0 Å². The van der Waals surface area contributed by atoms with Gasteiger partial charge in [-0.25, -0.2) is 12.8 Å². The first-order valence-electron chi connectivity index (χ1n) is 9.13. The van der Waals surface area contributed by atoms with E-state index in [0.29, 0.717) is 5.02 Å². The lowest BCUT2D eigenvalue weighted by molar-refractivity contribution is -0.139. The Kier molecular flexibility index (Phi) is 8.27. The topological polar surface area (TPSA) is 86.8 Å². The number of carbonyl (C=O) groups excluding carboxylic acids is 2. The molecule has 0 radical (unpaired) electrons.